The van der Waals surface area contributed by atoms with Crippen LogP contribution in [-0.2, 0) is 37.3 Å². The average Bonchev–Trinajstić information content (AvgIpc) is 3.77. The molecular weight excluding hydrogens is 894 g/mol. The molecule has 0 aliphatic rings. The monoisotopic (exact) mass is 944 g/mol. The molecule has 8 rings (SSSR count). The maximum Gasteiger partial charge on any atom is 2.00 e. The number of hydrogen-bond donors (Lipinski definition) is 0. The van der Waals surface area contributed by atoms with Crippen molar-refractivity contribution in [1.29, 1.82) is 0 Å². The molecule has 0 amide bonds. The van der Waals surface area contributed by atoms with E-state index >= 15 is 0 Å². The predicted octanol–water partition coefficient (Wildman–Crippen LogP) is 13.0. The standard InChI is InChI=1S/C51H51N5O.Pt/c1-32-23-33(2)25-37(24-32)55-31-53-48(54-55)35-15-14-16-38(26-35)57-39-19-20-41-40-17-12-13-18-44(40)56(45(41)30-39)46-27-34(21-22-52-46)47-42(50(6,7)8)28-36(49(3,4)5)29-43(47)51(9,10)11;/h12-25,27-29,31H,1-11H3;/q-2;+2. The Morgan fingerprint density at radius 3 is 1.97 bits per heavy atom. The van der Waals surface area contributed by atoms with E-state index in [2.05, 4.69) is 171 Å². The van der Waals surface area contributed by atoms with Gasteiger partial charge in [-0.15, -0.1) is 41.3 Å². The first-order chi connectivity index (χ1) is 26.9. The number of rotatable bonds is 6. The number of aromatic nitrogens is 5. The molecule has 6 nitrogen and oxygen atoms in total. The molecule has 0 saturated carbocycles. The fourth-order valence-corrected chi connectivity index (χ4v) is 7.79. The minimum Gasteiger partial charge on any atom is -0.503 e. The molecule has 0 aliphatic heterocycles. The molecular formula is C51H51N5OPt. The van der Waals surface area contributed by atoms with Gasteiger partial charge in [-0.2, -0.15) is 11.2 Å². The van der Waals surface area contributed by atoms with E-state index < -0.39 is 0 Å². The Bertz CT molecular complexity index is 2750. The van der Waals surface area contributed by atoms with Gasteiger partial charge < -0.3 is 9.30 Å². The summed E-state index contributed by atoms with van der Waals surface area (Å²) >= 11 is 0. The van der Waals surface area contributed by atoms with Crippen molar-refractivity contribution in [3.63, 3.8) is 0 Å². The van der Waals surface area contributed by atoms with Crippen LogP contribution in [0.15, 0.2) is 110 Å². The van der Waals surface area contributed by atoms with E-state index in [-0.39, 0.29) is 37.3 Å². The van der Waals surface area contributed by atoms with Crippen LogP contribution in [0.3, 0.4) is 0 Å². The number of benzene rings is 5. The van der Waals surface area contributed by atoms with E-state index in [0.29, 0.717) is 17.3 Å². The molecule has 0 unspecified atom stereocenters. The van der Waals surface area contributed by atoms with Gasteiger partial charge >= 0.3 is 21.1 Å². The van der Waals surface area contributed by atoms with Gasteiger partial charge in [0, 0.05) is 23.2 Å². The molecule has 0 aliphatic carbocycles. The molecule has 5 aromatic carbocycles. The van der Waals surface area contributed by atoms with Crippen LogP contribution in [0, 0.1) is 26.0 Å². The zero-order valence-corrected chi connectivity index (χ0v) is 37.6. The first-order valence-corrected chi connectivity index (χ1v) is 19.8. The van der Waals surface area contributed by atoms with E-state index in [1.54, 1.807) is 11.0 Å². The zero-order valence-electron chi connectivity index (χ0n) is 35.4. The molecule has 0 radical (unpaired) electrons. The van der Waals surface area contributed by atoms with Crippen LogP contribution in [-0.4, -0.2) is 24.3 Å². The van der Waals surface area contributed by atoms with Gasteiger partial charge in [-0.05, 0) is 105 Å². The third kappa shape index (κ3) is 7.92. The number of fused-ring (bicyclic) bond motifs is 3. The Kier molecular flexibility index (Phi) is 10.7. The summed E-state index contributed by atoms with van der Waals surface area (Å²) < 4.78 is 10.5. The van der Waals surface area contributed by atoms with Crippen LogP contribution in [0.25, 0.3) is 55.8 Å². The summed E-state index contributed by atoms with van der Waals surface area (Å²) in [5.74, 6) is 2.53. The summed E-state index contributed by atoms with van der Waals surface area (Å²) in [6, 6.07) is 41.0. The molecule has 58 heavy (non-hydrogen) atoms. The van der Waals surface area contributed by atoms with Gasteiger partial charge in [-0.25, -0.2) is 9.67 Å². The number of nitrogens with zero attached hydrogens (tertiary/aromatic N) is 5. The summed E-state index contributed by atoms with van der Waals surface area (Å²) in [6.07, 6.45) is 3.68. The Morgan fingerprint density at radius 1 is 0.621 bits per heavy atom. The van der Waals surface area contributed by atoms with E-state index in [4.69, 9.17) is 14.8 Å². The summed E-state index contributed by atoms with van der Waals surface area (Å²) in [7, 11) is 0. The van der Waals surface area contributed by atoms with Gasteiger partial charge in [0.15, 0.2) is 0 Å². The largest absolute Gasteiger partial charge is 2.00 e. The van der Waals surface area contributed by atoms with Crippen molar-refractivity contribution in [3.05, 3.63) is 150 Å². The van der Waals surface area contributed by atoms with Gasteiger partial charge in [-0.1, -0.05) is 110 Å². The van der Waals surface area contributed by atoms with Crippen LogP contribution < -0.4 is 4.74 Å². The Labute approximate surface area is 357 Å². The summed E-state index contributed by atoms with van der Waals surface area (Å²) in [5, 5.41) is 6.97. The quantitative estimate of drug-likeness (QED) is 0.156. The normalized spacial score (nSPS) is 12.3. The Balaban J connectivity index is 0.00000512. The molecule has 0 fully saturated rings. The number of para-hydroxylation sites is 1. The van der Waals surface area contributed by atoms with E-state index in [1.165, 1.54) is 33.4 Å². The number of ether oxygens (including phenoxy) is 1. The zero-order chi connectivity index (χ0) is 40.4. The van der Waals surface area contributed by atoms with Gasteiger partial charge in [0.2, 0.25) is 0 Å². The van der Waals surface area contributed by atoms with Crippen LogP contribution >= 0.6 is 0 Å². The Hall–Kier alpha value is -5.32. The predicted molar refractivity (Wildman–Crippen MR) is 234 cm³/mol. The van der Waals surface area contributed by atoms with Crippen LogP contribution in [0.5, 0.6) is 11.5 Å². The van der Waals surface area contributed by atoms with Crippen molar-refractivity contribution < 1.29 is 25.8 Å². The second-order valence-electron chi connectivity index (χ2n) is 18.4. The molecule has 0 atom stereocenters. The van der Waals surface area contributed by atoms with Gasteiger partial charge in [0.25, 0.3) is 0 Å². The van der Waals surface area contributed by atoms with Crippen molar-refractivity contribution in [1.82, 2.24) is 24.3 Å². The van der Waals surface area contributed by atoms with Crippen molar-refractivity contribution >= 4 is 21.8 Å². The minimum absolute atomic E-state index is 0. The summed E-state index contributed by atoms with van der Waals surface area (Å²) in [4.78, 5) is 9.63. The second kappa shape index (κ2) is 15.1. The fourth-order valence-electron chi connectivity index (χ4n) is 7.79. The molecule has 0 N–H and O–H groups in total. The maximum absolute atomic E-state index is 6.49. The molecule has 7 heteroatoms. The molecule has 8 aromatic rings. The third-order valence-electron chi connectivity index (χ3n) is 10.6. The van der Waals surface area contributed by atoms with Gasteiger partial charge in [0.1, 0.15) is 12.1 Å². The SMILES string of the molecule is Cc1cc(C)cc(-n2cnc(-c3[c-]c(Oc4[c-]c5c(cc4)c4ccccc4n5-c4cc(-c5c(C(C)(C)C)cc(C(C)(C)C)cc5C(C)(C)C)ccn4)ccc3)n2)c1.[Pt+2]. The van der Waals surface area contributed by atoms with Crippen molar-refractivity contribution in [3.8, 4) is 45.5 Å². The smallest absolute Gasteiger partial charge is 0.503 e. The minimum atomic E-state index is -0.0859. The molecule has 0 spiro atoms. The number of pyridine rings is 1. The Morgan fingerprint density at radius 2 is 1.29 bits per heavy atom. The molecule has 3 heterocycles. The van der Waals surface area contributed by atoms with Crippen LogP contribution in [0.2, 0.25) is 0 Å². The maximum atomic E-state index is 6.49. The molecule has 0 bridgehead atoms. The average molecular weight is 945 g/mol. The summed E-state index contributed by atoms with van der Waals surface area (Å²) in [5.41, 5.74) is 12.3. The van der Waals surface area contributed by atoms with E-state index in [9.17, 15) is 0 Å². The third-order valence-corrected chi connectivity index (χ3v) is 10.6. The first-order valence-electron chi connectivity index (χ1n) is 19.8. The van der Waals surface area contributed by atoms with Gasteiger partial charge in [-0.3, -0.25) is 4.98 Å². The van der Waals surface area contributed by atoms with Crippen molar-refractivity contribution in [2.75, 3.05) is 0 Å². The van der Waals surface area contributed by atoms with E-state index in [1.807, 2.05) is 30.5 Å². The van der Waals surface area contributed by atoms with Crippen LogP contribution in [0.1, 0.15) is 90.1 Å². The number of aryl methyl sites for hydroxylation is 2. The van der Waals surface area contributed by atoms with Crippen molar-refractivity contribution in [2.24, 2.45) is 0 Å². The van der Waals surface area contributed by atoms with Gasteiger partial charge in [0.05, 0.1) is 11.5 Å². The molecule has 3 aromatic heterocycles. The number of hydrogen-bond acceptors (Lipinski definition) is 4. The van der Waals surface area contributed by atoms with Crippen LogP contribution in [0.4, 0.5) is 0 Å². The topological polar surface area (TPSA) is 57.8 Å². The van der Waals surface area contributed by atoms with E-state index in [0.717, 1.165) is 44.4 Å². The molecule has 0 saturated heterocycles. The second-order valence-corrected chi connectivity index (χ2v) is 18.4. The molecule has 296 valence electrons. The summed E-state index contributed by atoms with van der Waals surface area (Å²) in [6.45, 7) is 25.0. The van der Waals surface area contributed by atoms with Crippen molar-refractivity contribution in [2.45, 2.75) is 92.4 Å². The first kappa shape index (κ1) is 40.9. The fraction of sp³-hybridized carbons (Fsp3) is 0.275.